The second-order valence-electron chi connectivity index (χ2n) is 8.87. The molecule has 0 bridgehead atoms. The Morgan fingerprint density at radius 2 is 1.29 bits per heavy atom. The van der Waals surface area contributed by atoms with Gasteiger partial charge < -0.3 is 9.47 Å². The minimum absolute atomic E-state index is 0.521. The van der Waals surface area contributed by atoms with Crippen LogP contribution < -0.4 is 9.47 Å². The highest BCUT2D eigenvalue weighted by molar-refractivity contribution is 5.67. The molecule has 0 radical (unpaired) electrons. The van der Waals surface area contributed by atoms with Gasteiger partial charge in [-0.05, 0) is 67.0 Å². The smallest absolute Gasteiger partial charge is 0.395 e. The summed E-state index contributed by atoms with van der Waals surface area (Å²) in [5.74, 6) is 1.70. The molecule has 0 N–H and O–H groups in total. The van der Waals surface area contributed by atoms with E-state index < -0.39 is 6.16 Å². The van der Waals surface area contributed by atoms with Crippen molar-refractivity contribution in [2.75, 3.05) is 0 Å². The molecule has 3 heteroatoms. The summed E-state index contributed by atoms with van der Waals surface area (Å²) in [4.78, 5) is 12.1. The number of aryl methyl sites for hydroxylation is 1. The fourth-order valence-corrected chi connectivity index (χ4v) is 4.47. The molecule has 0 aromatic heterocycles. The highest BCUT2D eigenvalue weighted by Crippen LogP contribution is 2.33. The van der Waals surface area contributed by atoms with Crippen molar-refractivity contribution in [1.29, 1.82) is 0 Å². The summed E-state index contributed by atoms with van der Waals surface area (Å²) >= 11 is 0. The van der Waals surface area contributed by atoms with Crippen molar-refractivity contribution in [2.45, 2.75) is 96.3 Å². The van der Waals surface area contributed by atoms with Crippen LogP contribution in [0.3, 0.4) is 0 Å². The monoisotopic (exact) mass is 422 g/mol. The highest BCUT2D eigenvalue weighted by Gasteiger charge is 2.16. The van der Waals surface area contributed by atoms with Crippen LogP contribution in [0.15, 0.2) is 48.5 Å². The normalized spacial score (nSPS) is 14.4. The van der Waals surface area contributed by atoms with E-state index in [4.69, 9.17) is 9.47 Å². The third-order valence-electron chi connectivity index (χ3n) is 6.35. The average Bonchev–Trinajstić information content (AvgIpc) is 2.80. The van der Waals surface area contributed by atoms with Crippen LogP contribution in [-0.2, 0) is 6.42 Å². The van der Waals surface area contributed by atoms with Gasteiger partial charge in [0.15, 0.2) is 0 Å². The number of rotatable bonds is 11. The van der Waals surface area contributed by atoms with Gasteiger partial charge in [0.2, 0.25) is 0 Å². The Balaban J connectivity index is 1.37. The Morgan fingerprint density at radius 1 is 0.742 bits per heavy atom. The van der Waals surface area contributed by atoms with Gasteiger partial charge in [-0.15, -0.1) is 0 Å². The second-order valence-corrected chi connectivity index (χ2v) is 8.87. The Bertz CT molecular complexity index is 758. The van der Waals surface area contributed by atoms with Crippen molar-refractivity contribution in [3.8, 4) is 11.5 Å². The third kappa shape index (κ3) is 8.40. The van der Waals surface area contributed by atoms with Crippen LogP contribution in [0.1, 0.15) is 101 Å². The molecule has 31 heavy (non-hydrogen) atoms. The SMILES string of the molecule is CCCCCCCCCc1ccc(OC(=O)Oc2ccc(C3CCCCC3)cc2)cc1. The van der Waals surface area contributed by atoms with E-state index in [1.807, 2.05) is 36.4 Å². The molecule has 1 saturated carbocycles. The maximum atomic E-state index is 12.1. The summed E-state index contributed by atoms with van der Waals surface area (Å²) in [7, 11) is 0. The van der Waals surface area contributed by atoms with E-state index in [2.05, 4.69) is 19.1 Å². The molecule has 0 aliphatic heterocycles. The van der Waals surface area contributed by atoms with Crippen LogP contribution in [0.4, 0.5) is 4.79 Å². The molecule has 1 aliphatic carbocycles. The minimum Gasteiger partial charge on any atom is -0.395 e. The lowest BCUT2D eigenvalue weighted by Crippen LogP contribution is -2.13. The van der Waals surface area contributed by atoms with Gasteiger partial charge in [-0.25, -0.2) is 4.79 Å². The van der Waals surface area contributed by atoms with Crippen LogP contribution in [0, 0.1) is 0 Å². The summed E-state index contributed by atoms with van der Waals surface area (Å²) in [5.41, 5.74) is 2.63. The molecule has 1 aliphatic rings. The van der Waals surface area contributed by atoms with Crippen molar-refractivity contribution in [2.24, 2.45) is 0 Å². The van der Waals surface area contributed by atoms with Gasteiger partial charge in [0.25, 0.3) is 0 Å². The number of ether oxygens (including phenoxy) is 2. The molecule has 0 spiro atoms. The molecule has 0 saturated heterocycles. The first kappa shape index (κ1) is 23.4. The first-order valence-electron chi connectivity index (χ1n) is 12.3. The van der Waals surface area contributed by atoms with Crippen LogP contribution in [0.2, 0.25) is 0 Å². The predicted molar refractivity (Wildman–Crippen MR) is 127 cm³/mol. The first-order chi connectivity index (χ1) is 15.2. The van der Waals surface area contributed by atoms with Crippen LogP contribution >= 0.6 is 0 Å². The summed E-state index contributed by atoms with van der Waals surface area (Å²) < 4.78 is 10.7. The molecular weight excluding hydrogens is 384 g/mol. The zero-order valence-corrected chi connectivity index (χ0v) is 19.1. The predicted octanol–water partition coefficient (Wildman–Crippen LogP) is 8.61. The van der Waals surface area contributed by atoms with Gasteiger partial charge in [0, 0.05) is 0 Å². The second kappa shape index (κ2) is 13.2. The molecule has 2 aromatic rings. The van der Waals surface area contributed by atoms with Crippen molar-refractivity contribution in [3.63, 3.8) is 0 Å². The summed E-state index contributed by atoms with van der Waals surface area (Å²) in [5, 5.41) is 0. The molecule has 0 atom stereocenters. The highest BCUT2D eigenvalue weighted by atomic mass is 16.7. The largest absolute Gasteiger partial charge is 0.519 e. The quantitative estimate of drug-likeness (QED) is 0.206. The Hall–Kier alpha value is -2.29. The van der Waals surface area contributed by atoms with E-state index in [0.717, 1.165) is 6.42 Å². The number of carbonyl (C=O) groups is 1. The van der Waals surface area contributed by atoms with E-state index in [0.29, 0.717) is 17.4 Å². The van der Waals surface area contributed by atoms with Gasteiger partial charge in [0.05, 0.1) is 0 Å². The van der Waals surface area contributed by atoms with Crippen LogP contribution in [0.25, 0.3) is 0 Å². The van der Waals surface area contributed by atoms with Gasteiger partial charge in [-0.2, -0.15) is 0 Å². The molecule has 2 aromatic carbocycles. The van der Waals surface area contributed by atoms with Crippen molar-refractivity contribution in [3.05, 3.63) is 59.7 Å². The third-order valence-corrected chi connectivity index (χ3v) is 6.35. The maximum absolute atomic E-state index is 12.1. The van der Waals surface area contributed by atoms with Crippen molar-refractivity contribution >= 4 is 6.16 Å². The van der Waals surface area contributed by atoms with E-state index in [-0.39, 0.29) is 0 Å². The van der Waals surface area contributed by atoms with E-state index in [1.54, 1.807) is 0 Å². The number of carbonyl (C=O) groups excluding carboxylic acids is 1. The Morgan fingerprint density at radius 3 is 1.90 bits per heavy atom. The topological polar surface area (TPSA) is 35.5 Å². The molecule has 0 amide bonds. The zero-order chi connectivity index (χ0) is 21.7. The summed E-state index contributed by atoms with van der Waals surface area (Å²) in [6, 6.07) is 15.7. The van der Waals surface area contributed by atoms with Crippen molar-refractivity contribution < 1.29 is 14.3 Å². The Labute approximate surface area is 188 Å². The molecule has 3 nitrogen and oxygen atoms in total. The molecule has 0 heterocycles. The fraction of sp³-hybridized carbons (Fsp3) is 0.536. The molecule has 1 fully saturated rings. The minimum atomic E-state index is -0.690. The first-order valence-corrected chi connectivity index (χ1v) is 12.3. The molecule has 3 rings (SSSR count). The van der Waals surface area contributed by atoms with Gasteiger partial charge in [0.1, 0.15) is 11.5 Å². The number of hydrogen-bond acceptors (Lipinski definition) is 3. The van der Waals surface area contributed by atoms with Crippen LogP contribution in [0.5, 0.6) is 11.5 Å². The number of unbranched alkanes of at least 4 members (excludes halogenated alkanes) is 6. The summed E-state index contributed by atoms with van der Waals surface area (Å²) in [6.45, 7) is 2.25. The number of benzene rings is 2. The molecular formula is C28H38O3. The lowest BCUT2D eigenvalue weighted by atomic mass is 9.84. The lowest BCUT2D eigenvalue weighted by Gasteiger charge is -2.21. The van der Waals surface area contributed by atoms with Gasteiger partial charge in [-0.3, -0.25) is 0 Å². The summed E-state index contributed by atoms with van der Waals surface area (Å²) in [6.07, 6.45) is 16.1. The van der Waals surface area contributed by atoms with Gasteiger partial charge in [-0.1, -0.05) is 89.0 Å². The number of hydrogen-bond donors (Lipinski definition) is 0. The van der Waals surface area contributed by atoms with Crippen LogP contribution in [-0.4, -0.2) is 6.16 Å². The fourth-order valence-electron chi connectivity index (χ4n) is 4.47. The van der Waals surface area contributed by atoms with E-state index >= 15 is 0 Å². The maximum Gasteiger partial charge on any atom is 0.519 e. The molecule has 0 unspecified atom stereocenters. The van der Waals surface area contributed by atoms with Gasteiger partial charge >= 0.3 is 6.16 Å². The zero-order valence-electron chi connectivity index (χ0n) is 19.1. The molecule has 168 valence electrons. The standard InChI is InChI=1S/C28H38O3/c1-2-3-4-5-6-7-9-12-23-15-19-26(20-16-23)30-28(29)31-27-21-17-25(18-22-27)24-13-10-8-11-14-24/h15-22,24H,2-14H2,1H3. The lowest BCUT2D eigenvalue weighted by molar-refractivity contribution is 0.152. The van der Waals surface area contributed by atoms with E-state index in [1.165, 1.54) is 88.2 Å². The van der Waals surface area contributed by atoms with Crippen molar-refractivity contribution in [1.82, 2.24) is 0 Å². The Kier molecular flexibility index (Phi) is 9.95. The average molecular weight is 423 g/mol. The van der Waals surface area contributed by atoms with E-state index in [9.17, 15) is 4.79 Å².